The molecule has 1 aromatic carbocycles. The van der Waals surface area contributed by atoms with Gasteiger partial charge in [0.1, 0.15) is 0 Å². The summed E-state index contributed by atoms with van der Waals surface area (Å²) in [6, 6.07) is 1.76. The summed E-state index contributed by atoms with van der Waals surface area (Å²) in [6.07, 6.45) is -4.91. The summed E-state index contributed by atoms with van der Waals surface area (Å²) >= 11 is 5.63. The highest BCUT2D eigenvalue weighted by Gasteiger charge is 2.32. The molecule has 94 valence electrons. The lowest BCUT2D eigenvalue weighted by Crippen LogP contribution is -2.18. The highest BCUT2D eigenvalue weighted by molar-refractivity contribution is 6.34. The summed E-state index contributed by atoms with van der Waals surface area (Å²) in [5.74, 6) is -1.59. The number of carbonyl (C=O) groups excluding carboxylic acids is 1. The van der Waals surface area contributed by atoms with E-state index < -0.39 is 18.1 Å². The van der Waals surface area contributed by atoms with Crippen LogP contribution in [0.4, 0.5) is 18.9 Å². The quantitative estimate of drug-likeness (QED) is 0.662. The molecule has 0 aliphatic carbocycles. The zero-order valence-corrected chi connectivity index (χ0v) is 9.22. The molecule has 0 bridgehead atoms. The molecular weight excluding hydrogens is 263 g/mol. The van der Waals surface area contributed by atoms with Gasteiger partial charge in [0.25, 0.3) is 0 Å². The third-order valence-corrected chi connectivity index (χ3v) is 2.04. The summed E-state index contributed by atoms with van der Waals surface area (Å²) in [5.41, 5.74) is 4.68. The number of carbonyl (C=O) groups is 1. The zero-order valence-electron chi connectivity index (χ0n) is 8.47. The smallest absolute Gasteiger partial charge is 0.465 e. The summed E-state index contributed by atoms with van der Waals surface area (Å²) in [6.45, 7) is 0. The van der Waals surface area contributed by atoms with Gasteiger partial charge in [0.05, 0.1) is 23.4 Å². The predicted octanol–water partition coefficient (Wildman–Crippen LogP) is 2.61. The Bertz CT molecular complexity index is 448. The van der Waals surface area contributed by atoms with Gasteiger partial charge in [-0.1, -0.05) is 11.6 Å². The van der Waals surface area contributed by atoms with E-state index in [0.29, 0.717) is 0 Å². The largest absolute Gasteiger partial charge is 0.573 e. The number of nitrogen functional groups attached to an aromatic ring is 1. The number of halogens is 4. The van der Waals surface area contributed by atoms with Crippen LogP contribution in [0, 0.1) is 0 Å². The number of alkyl halides is 3. The second kappa shape index (κ2) is 4.70. The lowest BCUT2D eigenvalue weighted by molar-refractivity contribution is -0.274. The van der Waals surface area contributed by atoms with E-state index in [0.717, 1.165) is 19.2 Å². The standard InChI is InChI=1S/C9H7ClF3NO3/c1-16-8(15)4-2-7(17-9(11,12)13)6(14)3-5(4)10/h2-3H,14H2,1H3. The number of hydrogen-bond acceptors (Lipinski definition) is 4. The number of benzene rings is 1. The molecule has 1 rings (SSSR count). The van der Waals surface area contributed by atoms with Crippen molar-refractivity contribution in [2.45, 2.75) is 6.36 Å². The number of anilines is 1. The Balaban J connectivity index is 3.19. The van der Waals surface area contributed by atoms with Crippen LogP contribution in [0.25, 0.3) is 0 Å². The third kappa shape index (κ3) is 3.42. The number of hydrogen-bond donors (Lipinski definition) is 1. The van der Waals surface area contributed by atoms with Crippen LogP contribution in [0.15, 0.2) is 12.1 Å². The Morgan fingerprint density at radius 2 is 2.00 bits per heavy atom. The molecule has 8 heteroatoms. The average molecular weight is 270 g/mol. The fraction of sp³-hybridized carbons (Fsp3) is 0.222. The van der Waals surface area contributed by atoms with Crippen molar-refractivity contribution < 1.29 is 27.4 Å². The van der Waals surface area contributed by atoms with Crippen molar-refractivity contribution in [3.63, 3.8) is 0 Å². The van der Waals surface area contributed by atoms with Crippen molar-refractivity contribution in [1.82, 2.24) is 0 Å². The van der Waals surface area contributed by atoms with E-state index >= 15 is 0 Å². The first-order chi connectivity index (χ1) is 7.74. The Labute approximate surface area is 99.1 Å². The minimum atomic E-state index is -4.91. The molecule has 0 aliphatic heterocycles. The van der Waals surface area contributed by atoms with Crippen LogP contribution in [-0.4, -0.2) is 19.4 Å². The molecule has 0 radical (unpaired) electrons. The molecule has 4 nitrogen and oxygen atoms in total. The van der Waals surface area contributed by atoms with Crippen molar-refractivity contribution in [3.8, 4) is 5.75 Å². The molecule has 0 heterocycles. The highest BCUT2D eigenvalue weighted by Crippen LogP contribution is 2.33. The van der Waals surface area contributed by atoms with E-state index in [1.54, 1.807) is 0 Å². The van der Waals surface area contributed by atoms with Crippen molar-refractivity contribution in [3.05, 3.63) is 22.7 Å². The Hall–Kier alpha value is -1.63. The summed E-state index contributed by atoms with van der Waals surface area (Å²) < 4.78 is 44.0. The van der Waals surface area contributed by atoms with Gasteiger partial charge in [-0.3, -0.25) is 0 Å². The maximum Gasteiger partial charge on any atom is 0.573 e. The molecule has 0 fully saturated rings. The second-order valence-electron chi connectivity index (χ2n) is 2.91. The topological polar surface area (TPSA) is 61.5 Å². The summed E-state index contributed by atoms with van der Waals surface area (Å²) in [7, 11) is 1.07. The number of methoxy groups -OCH3 is 1. The fourth-order valence-corrected chi connectivity index (χ4v) is 1.30. The second-order valence-corrected chi connectivity index (χ2v) is 3.32. The predicted molar refractivity (Wildman–Crippen MR) is 53.9 cm³/mol. The summed E-state index contributed by atoms with van der Waals surface area (Å²) in [5, 5.41) is -0.121. The van der Waals surface area contributed by atoms with Crippen molar-refractivity contribution >= 4 is 23.3 Å². The SMILES string of the molecule is COC(=O)c1cc(OC(F)(F)F)c(N)cc1Cl. The molecule has 0 atom stereocenters. The zero-order chi connectivity index (χ0) is 13.2. The van der Waals surface area contributed by atoms with Crippen LogP contribution < -0.4 is 10.5 Å². The van der Waals surface area contributed by atoms with Crippen LogP contribution in [0.3, 0.4) is 0 Å². The fourth-order valence-electron chi connectivity index (χ4n) is 1.05. The molecule has 0 saturated carbocycles. The van der Waals surface area contributed by atoms with Gasteiger partial charge in [-0.05, 0) is 12.1 Å². The normalized spacial score (nSPS) is 11.1. The number of rotatable bonds is 2. The van der Waals surface area contributed by atoms with Gasteiger partial charge in [0.15, 0.2) is 5.75 Å². The van der Waals surface area contributed by atoms with Crippen LogP contribution in [-0.2, 0) is 4.74 Å². The molecule has 0 amide bonds. The van der Waals surface area contributed by atoms with Gasteiger partial charge >= 0.3 is 12.3 Å². The maximum absolute atomic E-state index is 12.0. The monoisotopic (exact) mass is 269 g/mol. The molecule has 2 N–H and O–H groups in total. The highest BCUT2D eigenvalue weighted by atomic mass is 35.5. The van der Waals surface area contributed by atoms with Crippen LogP contribution in [0.2, 0.25) is 5.02 Å². The molecule has 0 unspecified atom stereocenters. The maximum atomic E-state index is 12.0. The third-order valence-electron chi connectivity index (χ3n) is 1.73. The first-order valence-corrected chi connectivity index (χ1v) is 4.55. The van der Waals surface area contributed by atoms with Crippen molar-refractivity contribution in [1.29, 1.82) is 0 Å². The molecule has 0 saturated heterocycles. The average Bonchev–Trinajstić information content (AvgIpc) is 2.19. The van der Waals surface area contributed by atoms with Crippen molar-refractivity contribution in [2.24, 2.45) is 0 Å². The van der Waals surface area contributed by atoms with Gasteiger partial charge in [0, 0.05) is 0 Å². The minimum absolute atomic E-state index is 0.121. The number of ether oxygens (including phenoxy) is 2. The molecule has 0 aliphatic rings. The van der Waals surface area contributed by atoms with E-state index in [4.69, 9.17) is 17.3 Å². The summed E-state index contributed by atoms with van der Waals surface area (Å²) in [4.78, 5) is 11.2. The molecule has 1 aromatic rings. The van der Waals surface area contributed by atoms with Gasteiger partial charge in [-0.15, -0.1) is 13.2 Å². The lowest BCUT2D eigenvalue weighted by Gasteiger charge is -2.12. The van der Waals surface area contributed by atoms with Gasteiger partial charge in [0.2, 0.25) is 0 Å². The lowest BCUT2D eigenvalue weighted by atomic mass is 10.2. The Morgan fingerprint density at radius 1 is 1.41 bits per heavy atom. The molecule has 0 spiro atoms. The van der Waals surface area contributed by atoms with E-state index in [1.807, 2.05) is 0 Å². The van der Waals surface area contributed by atoms with Crippen LogP contribution >= 0.6 is 11.6 Å². The Morgan fingerprint density at radius 3 is 2.47 bits per heavy atom. The van der Waals surface area contributed by atoms with E-state index in [9.17, 15) is 18.0 Å². The number of nitrogens with two attached hydrogens (primary N) is 1. The van der Waals surface area contributed by atoms with Gasteiger partial charge < -0.3 is 15.2 Å². The van der Waals surface area contributed by atoms with E-state index in [1.165, 1.54) is 0 Å². The minimum Gasteiger partial charge on any atom is -0.465 e. The first-order valence-electron chi connectivity index (χ1n) is 4.17. The van der Waals surface area contributed by atoms with Gasteiger partial charge in [-0.2, -0.15) is 0 Å². The van der Waals surface area contributed by atoms with Crippen LogP contribution in [0.5, 0.6) is 5.75 Å². The van der Waals surface area contributed by atoms with Crippen LogP contribution in [0.1, 0.15) is 10.4 Å². The van der Waals surface area contributed by atoms with E-state index in [-0.39, 0.29) is 16.3 Å². The van der Waals surface area contributed by atoms with Gasteiger partial charge in [-0.25, -0.2) is 4.79 Å². The van der Waals surface area contributed by atoms with E-state index in [2.05, 4.69) is 9.47 Å². The molecule has 17 heavy (non-hydrogen) atoms. The molecular formula is C9H7ClF3NO3. The van der Waals surface area contributed by atoms with Crippen molar-refractivity contribution in [2.75, 3.05) is 12.8 Å². The first kappa shape index (κ1) is 13.4. The number of esters is 1. The molecule has 0 aromatic heterocycles. The Kier molecular flexibility index (Phi) is 3.72.